The second kappa shape index (κ2) is 5.76. The summed E-state index contributed by atoms with van der Waals surface area (Å²) in [6.07, 6.45) is -0.780. The Hall–Kier alpha value is -2.44. The first-order chi connectivity index (χ1) is 8.51. The number of rotatable bonds is 3. The van der Waals surface area contributed by atoms with Gasteiger partial charge in [0, 0.05) is 0 Å². The quantitative estimate of drug-likeness (QED) is 0.557. The van der Waals surface area contributed by atoms with Crippen molar-refractivity contribution in [1.82, 2.24) is 0 Å². The second-order valence-corrected chi connectivity index (χ2v) is 3.19. The summed E-state index contributed by atoms with van der Waals surface area (Å²) >= 11 is 0. The van der Waals surface area contributed by atoms with Crippen LogP contribution in [0.15, 0.2) is 12.1 Å². The third-order valence-corrected chi connectivity index (χ3v) is 2.07. The van der Waals surface area contributed by atoms with Gasteiger partial charge < -0.3 is 19.7 Å². The normalized spacial score (nSPS) is 9.67. The maximum Gasteiger partial charge on any atom is 0.411 e. The predicted octanol–water partition coefficient (Wildman–Crippen LogP) is 1.45. The Bertz CT molecular complexity index is 471. The van der Waals surface area contributed by atoms with Crippen molar-refractivity contribution >= 4 is 17.7 Å². The molecule has 1 rings (SSSR count). The maximum atomic E-state index is 11.2. The molecular formula is C11H13NO6. The topological polar surface area (TPSA) is 105 Å². The first kappa shape index (κ1) is 13.6. The van der Waals surface area contributed by atoms with Crippen LogP contribution in [-0.2, 0) is 9.47 Å². The Balaban J connectivity index is 3.01. The minimum Gasteiger partial charge on any atom is -0.504 e. The van der Waals surface area contributed by atoms with Crippen molar-refractivity contribution < 1.29 is 29.3 Å². The van der Waals surface area contributed by atoms with Crippen LogP contribution in [0.2, 0.25) is 0 Å². The van der Waals surface area contributed by atoms with Crippen LogP contribution in [0, 0.1) is 0 Å². The summed E-state index contributed by atoms with van der Waals surface area (Å²) in [5, 5.41) is 21.4. The Morgan fingerprint density at radius 1 is 1.28 bits per heavy atom. The minimum atomic E-state index is -0.800. The number of nitrogens with one attached hydrogen (secondary N) is 1. The lowest BCUT2D eigenvalue weighted by molar-refractivity contribution is 0.0596. The molecule has 7 heteroatoms. The van der Waals surface area contributed by atoms with Crippen LogP contribution in [0.25, 0.3) is 0 Å². The molecule has 0 fully saturated rings. The van der Waals surface area contributed by atoms with Gasteiger partial charge in [0.15, 0.2) is 11.5 Å². The summed E-state index contributed by atoms with van der Waals surface area (Å²) in [6, 6.07) is 2.46. The molecule has 7 nitrogen and oxygen atoms in total. The van der Waals surface area contributed by atoms with Gasteiger partial charge in [0.1, 0.15) is 5.56 Å². The summed E-state index contributed by atoms with van der Waals surface area (Å²) < 4.78 is 9.01. The molecule has 0 saturated carbocycles. The van der Waals surface area contributed by atoms with E-state index in [2.05, 4.69) is 14.8 Å². The summed E-state index contributed by atoms with van der Waals surface area (Å²) in [5.41, 5.74) is -0.275. The van der Waals surface area contributed by atoms with Gasteiger partial charge in [-0.2, -0.15) is 0 Å². The van der Waals surface area contributed by atoms with Crippen molar-refractivity contribution in [3.63, 3.8) is 0 Å². The maximum absolute atomic E-state index is 11.2. The van der Waals surface area contributed by atoms with Gasteiger partial charge in [-0.05, 0) is 19.1 Å². The highest BCUT2D eigenvalue weighted by molar-refractivity contribution is 5.96. The summed E-state index contributed by atoms with van der Waals surface area (Å²) in [4.78, 5) is 22.4. The highest BCUT2D eigenvalue weighted by Crippen LogP contribution is 2.36. The number of benzene rings is 1. The Kier molecular flexibility index (Phi) is 4.36. The van der Waals surface area contributed by atoms with Crippen molar-refractivity contribution in [3.8, 4) is 11.5 Å². The fourth-order valence-electron chi connectivity index (χ4n) is 1.23. The number of aromatic hydroxyl groups is 2. The van der Waals surface area contributed by atoms with E-state index in [4.69, 9.17) is 0 Å². The van der Waals surface area contributed by atoms with Gasteiger partial charge >= 0.3 is 12.1 Å². The lowest BCUT2D eigenvalue weighted by Crippen LogP contribution is -2.13. The number of phenolic OH excluding ortho intramolecular Hbond substituents is 2. The summed E-state index contributed by atoms with van der Waals surface area (Å²) in [5.74, 6) is -2.10. The fraction of sp³-hybridized carbons (Fsp3) is 0.273. The average molecular weight is 255 g/mol. The van der Waals surface area contributed by atoms with E-state index in [0.717, 1.165) is 7.11 Å². The van der Waals surface area contributed by atoms with Gasteiger partial charge in [0.05, 0.1) is 19.4 Å². The van der Waals surface area contributed by atoms with E-state index < -0.39 is 23.6 Å². The Morgan fingerprint density at radius 2 is 1.94 bits per heavy atom. The van der Waals surface area contributed by atoms with E-state index in [1.54, 1.807) is 6.92 Å². The van der Waals surface area contributed by atoms with Crippen LogP contribution in [0.4, 0.5) is 10.5 Å². The number of amides is 1. The zero-order chi connectivity index (χ0) is 13.7. The zero-order valence-corrected chi connectivity index (χ0v) is 9.89. The number of anilines is 1. The van der Waals surface area contributed by atoms with E-state index in [9.17, 15) is 19.8 Å². The molecule has 0 aliphatic heterocycles. The molecule has 3 N–H and O–H groups in total. The lowest BCUT2D eigenvalue weighted by atomic mass is 10.1. The van der Waals surface area contributed by atoms with Crippen molar-refractivity contribution in [2.75, 3.05) is 19.0 Å². The molecule has 1 aromatic carbocycles. The van der Waals surface area contributed by atoms with Crippen molar-refractivity contribution in [2.24, 2.45) is 0 Å². The van der Waals surface area contributed by atoms with Crippen LogP contribution in [0.5, 0.6) is 11.5 Å². The first-order valence-electron chi connectivity index (χ1n) is 5.08. The summed E-state index contributed by atoms with van der Waals surface area (Å²) in [7, 11) is 1.14. The molecule has 0 aliphatic rings. The van der Waals surface area contributed by atoms with Gasteiger partial charge in [0.25, 0.3) is 0 Å². The van der Waals surface area contributed by atoms with Crippen molar-refractivity contribution in [1.29, 1.82) is 0 Å². The van der Waals surface area contributed by atoms with Gasteiger partial charge in [0.2, 0.25) is 0 Å². The number of hydrogen-bond acceptors (Lipinski definition) is 6. The number of methoxy groups -OCH3 is 1. The smallest absolute Gasteiger partial charge is 0.411 e. The molecule has 1 aromatic rings. The van der Waals surface area contributed by atoms with E-state index >= 15 is 0 Å². The molecule has 0 aliphatic carbocycles. The second-order valence-electron chi connectivity index (χ2n) is 3.19. The number of phenols is 2. The molecule has 0 bridgehead atoms. The molecule has 0 radical (unpaired) electrons. The number of ether oxygens (including phenoxy) is 2. The van der Waals surface area contributed by atoms with Gasteiger partial charge in [-0.25, -0.2) is 9.59 Å². The Labute approximate surface area is 103 Å². The van der Waals surface area contributed by atoms with E-state index in [0.29, 0.717) is 0 Å². The number of carbonyl (C=O) groups is 2. The van der Waals surface area contributed by atoms with Crippen molar-refractivity contribution in [2.45, 2.75) is 6.92 Å². The van der Waals surface area contributed by atoms with Gasteiger partial charge in [-0.1, -0.05) is 0 Å². The zero-order valence-electron chi connectivity index (χ0n) is 9.89. The third-order valence-electron chi connectivity index (χ3n) is 2.07. The lowest BCUT2D eigenvalue weighted by Gasteiger charge is -2.10. The van der Waals surface area contributed by atoms with E-state index in [-0.39, 0.29) is 17.9 Å². The largest absolute Gasteiger partial charge is 0.504 e. The van der Waals surface area contributed by atoms with Crippen LogP contribution in [0.1, 0.15) is 17.3 Å². The van der Waals surface area contributed by atoms with E-state index in [1.807, 2.05) is 0 Å². The SMILES string of the molecule is CCOC(=O)Nc1ccc(C(=O)OC)c(O)c1O. The van der Waals surface area contributed by atoms with E-state index in [1.165, 1.54) is 12.1 Å². The fourth-order valence-corrected chi connectivity index (χ4v) is 1.23. The molecule has 98 valence electrons. The number of hydrogen-bond donors (Lipinski definition) is 3. The molecule has 0 spiro atoms. The predicted molar refractivity (Wildman–Crippen MR) is 61.8 cm³/mol. The molecule has 0 aromatic heterocycles. The summed E-state index contributed by atoms with van der Waals surface area (Å²) in [6.45, 7) is 1.79. The molecule has 18 heavy (non-hydrogen) atoms. The molecular weight excluding hydrogens is 242 g/mol. The Morgan fingerprint density at radius 3 is 2.50 bits per heavy atom. The minimum absolute atomic E-state index is 0.0707. The highest BCUT2D eigenvalue weighted by atomic mass is 16.5. The van der Waals surface area contributed by atoms with Gasteiger partial charge in [-0.3, -0.25) is 5.32 Å². The van der Waals surface area contributed by atoms with Crippen LogP contribution >= 0.6 is 0 Å². The molecule has 0 unspecified atom stereocenters. The van der Waals surface area contributed by atoms with Gasteiger partial charge in [-0.15, -0.1) is 0 Å². The first-order valence-corrected chi connectivity index (χ1v) is 5.08. The molecule has 0 heterocycles. The highest BCUT2D eigenvalue weighted by Gasteiger charge is 2.18. The number of esters is 1. The molecule has 1 amide bonds. The standard InChI is InChI=1S/C11H13NO6/c1-3-18-11(16)12-7-5-4-6(10(15)17-2)8(13)9(7)14/h4-5,13-14H,3H2,1-2H3,(H,12,16). The number of carbonyl (C=O) groups excluding carboxylic acids is 2. The monoisotopic (exact) mass is 255 g/mol. The van der Waals surface area contributed by atoms with Crippen molar-refractivity contribution in [3.05, 3.63) is 17.7 Å². The van der Waals surface area contributed by atoms with Crippen LogP contribution in [-0.4, -0.2) is 36.0 Å². The average Bonchev–Trinajstić information content (AvgIpc) is 2.34. The van der Waals surface area contributed by atoms with Crippen LogP contribution in [0.3, 0.4) is 0 Å². The molecule has 0 saturated heterocycles. The molecule has 0 atom stereocenters. The van der Waals surface area contributed by atoms with Crippen LogP contribution < -0.4 is 5.32 Å². The third kappa shape index (κ3) is 2.82.